The van der Waals surface area contributed by atoms with E-state index in [1.165, 1.54) is 4.68 Å². The van der Waals surface area contributed by atoms with E-state index in [4.69, 9.17) is 0 Å². The molecular formula is C11H16N6O2. The third-order valence-corrected chi connectivity index (χ3v) is 2.98. The first-order valence-corrected chi connectivity index (χ1v) is 6.00. The van der Waals surface area contributed by atoms with E-state index >= 15 is 0 Å². The predicted molar refractivity (Wildman–Crippen MR) is 69.9 cm³/mol. The minimum Gasteiger partial charge on any atom is -0.358 e. The lowest BCUT2D eigenvalue weighted by Crippen LogP contribution is -2.10. The summed E-state index contributed by atoms with van der Waals surface area (Å²) in [5, 5.41) is 25.0. The van der Waals surface area contributed by atoms with Crippen LogP contribution in [0.25, 0.3) is 0 Å². The van der Waals surface area contributed by atoms with E-state index in [0.717, 1.165) is 5.56 Å². The SMILES string of the molecule is CCc1nn(C)c(NC(C)c2cn[nH]c2)c1[N+](=O)[O-]. The molecule has 0 aliphatic carbocycles. The second-order valence-corrected chi connectivity index (χ2v) is 4.28. The molecule has 0 aliphatic heterocycles. The van der Waals surface area contributed by atoms with Crippen LogP contribution in [-0.2, 0) is 13.5 Å². The van der Waals surface area contributed by atoms with Crippen molar-refractivity contribution in [2.45, 2.75) is 26.3 Å². The number of nitro groups is 1. The standard InChI is InChI=1S/C11H16N6O2/c1-4-9-10(17(18)19)11(16(3)15-9)14-7(2)8-5-12-13-6-8/h5-7,14H,4H2,1-3H3,(H,12,13). The average molecular weight is 264 g/mol. The average Bonchev–Trinajstić information content (AvgIpc) is 2.97. The number of hydrogen-bond donors (Lipinski definition) is 2. The van der Waals surface area contributed by atoms with Crippen LogP contribution < -0.4 is 5.32 Å². The number of rotatable bonds is 5. The molecule has 0 fully saturated rings. The summed E-state index contributed by atoms with van der Waals surface area (Å²) in [6.45, 7) is 3.76. The van der Waals surface area contributed by atoms with Crippen molar-refractivity contribution >= 4 is 11.5 Å². The van der Waals surface area contributed by atoms with Gasteiger partial charge in [0.15, 0.2) is 0 Å². The Morgan fingerprint density at radius 1 is 1.63 bits per heavy atom. The topological polar surface area (TPSA) is 102 Å². The summed E-state index contributed by atoms with van der Waals surface area (Å²) in [7, 11) is 1.69. The molecule has 8 nitrogen and oxygen atoms in total. The number of nitrogens with zero attached hydrogens (tertiary/aromatic N) is 4. The Labute approximate surface area is 110 Å². The zero-order valence-electron chi connectivity index (χ0n) is 11.0. The van der Waals surface area contributed by atoms with E-state index in [1.807, 2.05) is 13.8 Å². The molecule has 0 aromatic carbocycles. The van der Waals surface area contributed by atoms with E-state index in [9.17, 15) is 10.1 Å². The highest BCUT2D eigenvalue weighted by Crippen LogP contribution is 2.31. The molecule has 2 aromatic rings. The van der Waals surface area contributed by atoms with Gasteiger partial charge in [-0.15, -0.1) is 0 Å². The van der Waals surface area contributed by atoms with Crippen LogP contribution in [0, 0.1) is 10.1 Å². The van der Waals surface area contributed by atoms with Crippen LogP contribution in [-0.4, -0.2) is 24.9 Å². The Hall–Kier alpha value is -2.38. The van der Waals surface area contributed by atoms with E-state index in [-0.39, 0.29) is 11.7 Å². The first-order chi connectivity index (χ1) is 9.04. The first kappa shape index (κ1) is 13.1. The zero-order valence-corrected chi connectivity index (χ0v) is 11.0. The van der Waals surface area contributed by atoms with Gasteiger partial charge in [0.2, 0.25) is 5.82 Å². The molecule has 2 N–H and O–H groups in total. The van der Waals surface area contributed by atoms with Gasteiger partial charge in [-0.2, -0.15) is 10.2 Å². The van der Waals surface area contributed by atoms with Gasteiger partial charge >= 0.3 is 5.69 Å². The molecule has 102 valence electrons. The Morgan fingerprint density at radius 3 is 2.89 bits per heavy atom. The quantitative estimate of drug-likeness (QED) is 0.633. The van der Waals surface area contributed by atoms with Crippen LogP contribution in [0.15, 0.2) is 12.4 Å². The Balaban J connectivity index is 2.34. The maximum Gasteiger partial charge on any atom is 0.333 e. The smallest absolute Gasteiger partial charge is 0.333 e. The van der Waals surface area contributed by atoms with Crippen LogP contribution >= 0.6 is 0 Å². The third-order valence-electron chi connectivity index (χ3n) is 2.98. The van der Waals surface area contributed by atoms with Crippen molar-refractivity contribution in [1.82, 2.24) is 20.0 Å². The van der Waals surface area contributed by atoms with Gasteiger partial charge in [0.1, 0.15) is 5.69 Å². The summed E-state index contributed by atoms with van der Waals surface area (Å²) in [6, 6.07) is -0.0995. The van der Waals surface area contributed by atoms with Gasteiger partial charge in [-0.25, -0.2) is 4.68 Å². The molecule has 8 heteroatoms. The lowest BCUT2D eigenvalue weighted by atomic mass is 10.2. The van der Waals surface area contributed by atoms with E-state index < -0.39 is 4.92 Å². The van der Waals surface area contributed by atoms with E-state index in [2.05, 4.69) is 20.6 Å². The fourth-order valence-corrected chi connectivity index (χ4v) is 1.95. The van der Waals surface area contributed by atoms with Gasteiger partial charge in [-0.3, -0.25) is 15.2 Å². The second kappa shape index (κ2) is 5.09. The van der Waals surface area contributed by atoms with Crippen molar-refractivity contribution in [3.05, 3.63) is 33.8 Å². The fraction of sp³-hybridized carbons (Fsp3) is 0.455. The van der Waals surface area contributed by atoms with Crippen molar-refractivity contribution in [2.75, 3.05) is 5.32 Å². The molecule has 2 aromatic heterocycles. The van der Waals surface area contributed by atoms with E-state index in [0.29, 0.717) is 17.9 Å². The molecule has 0 radical (unpaired) electrons. The number of aromatic amines is 1. The molecule has 0 spiro atoms. The van der Waals surface area contributed by atoms with Crippen molar-refractivity contribution in [3.8, 4) is 0 Å². The molecule has 0 bridgehead atoms. The molecule has 2 rings (SSSR count). The number of H-pyrrole nitrogens is 1. The number of aromatic nitrogens is 4. The van der Waals surface area contributed by atoms with E-state index in [1.54, 1.807) is 19.4 Å². The number of aryl methyl sites for hydroxylation is 2. The normalized spacial score (nSPS) is 12.4. The minimum atomic E-state index is -0.393. The summed E-state index contributed by atoms with van der Waals surface area (Å²) in [5.74, 6) is 0.413. The second-order valence-electron chi connectivity index (χ2n) is 4.28. The van der Waals surface area contributed by atoms with Crippen molar-refractivity contribution in [2.24, 2.45) is 7.05 Å². The molecule has 19 heavy (non-hydrogen) atoms. The molecule has 0 saturated heterocycles. The Bertz CT molecular complexity index is 574. The minimum absolute atomic E-state index is 0.0420. The predicted octanol–water partition coefficient (Wildman–Crippen LogP) is 1.79. The summed E-state index contributed by atoms with van der Waals surface area (Å²) in [5.41, 5.74) is 1.45. The van der Waals surface area contributed by atoms with Crippen LogP contribution in [0.3, 0.4) is 0 Å². The Kier molecular flexibility index (Phi) is 3.50. The number of nitrogens with one attached hydrogen (secondary N) is 2. The lowest BCUT2D eigenvalue weighted by molar-refractivity contribution is -0.384. The molecule has 1 atom stereocenters. The number of hydrogen-bond acceptors (Lipinski definition) is 5. The molecular weight excluding hydrogens is 248 g/mol. The van der Waals surface area contributed by atoms with Gasteiger partial charge in [-0.1, -0.05) is 6.92 Å². The maximum absolute atomic E-state index is 11.2. The van der Waals surface area contributed by atoms with Crippen LogP contribution in [0.1, 0.15) is 31.1 Å². The van der Waals surface area contributed by atoms with Crippen molar-refractivity contribution in [3.63, 3.8) is 0 Å². The third kappa shape index (κ3) is 2.42. The van der Waals surface area contributed by atoms with Gasteiger partial charge < -0.3 is 5.32 Å². The van der Waals surface area contributed by atoms with Crippen molar-refractivity contribution in [1.29, 1.82) is 0 Å². The summed E-state index contributed by atoms with van der Waals surface area (Å²) < 4.78 is 1.51. The van der Waals surface area contributed by atoms with Gasteiger partial charge in [0, 0.05) is 18.8 Å². The molecule has 2 heterocycles. The summed E-state index contributed by atoms with van der Waals surface area (Å²) in [4.78, 5) is 10.8. The number of anilines is 1. The largest absolute Gasteiger partial charge is 0.358 e. The zero-order chi connectivity index (χ0) is 14.0. The van der Waals surface area contributed by atoms with Gasteiger partial charge in [-0.05, 0) is 13.3 Å². The highest BCUT2D eigenvalue weighted by molar-refractivity contribution is 5.60. The first-order valence-electron chi connectivity index (χ1n) is 6.00. The van der Waals surface area contributed by atoms with Gasteiger partial charge in [0.25, 0.3) is 0 Å². The summed E-state index contributed by atoms with van der Waals surface area (Å²) in [6.07, 6.45) is 3.95. The van der Waals surface area contributed by atoms with Gasteiger partial charge in [0.05, 0.1) is 17.2 Å². The summed E-state index contributed by atoms with van der Waals surface area (Å²) >= 11 is 0. The Morgan fingerprint density at radius 2 is 2.37 bits per heavy atom. The molecule has 1 unspecified atom stereocenters. The lowest BCUT2D eigenvalue weighted by Gasteiger charge is -2.12. The maximum atomic E-state index is 11.2. The molecule has 0 amide bonds. The highest BCUT2D eigenvalue weighted by Gasteiger charge is 2.26. The van der Waals surface area contributed by atoms with Crippen LogP contribution in [0.2, 0.25) is 0 Å². The molecule has 0 saturated carbocycles. The van der Waals surface area contributed by atoms with Crippen LogP contribution in [0.5, 0.6) is 0 Å². The molecule has 0 aliphatic rings. The fourth-order valence-electron chi connectivity index (χ4n) is 1.95. The highest BCUT2D eigenvalue weighted by atomic mass is 16.6. The monoisotopic (exact) mass is 264 g/mol. The van der Waals surface area contributed by atoms with Crippen LogP contribution in [0.4, 0.5) is 11.5 Å². The van der Waals surface area contributed by atoms with Crippen molar-refractivity contribution < 1.29 is 4.92 Å².